The smallest absolute Gasteiger partial charge is 0.00144 e. The van der Waals surface area contributed by atoms with Gasteiger partial charge in [-0.1, -0.05) is 36.0 Å². The summed E-state index contributed by atoms with van der Waals surface area (Å²) < 4.78 is 0. The van der Waals surface area contributed by atoms with Crippen molar-refractivity contribution < 1.29 is 0 Å². The second-order valence-electron chi connectivity index (χ2n) is 2.70. The first-order valence-corrected chi connectivity index (χ1v) is 4.09. The van der Waals surface area contributed by atoms with Crippen LogP contribution in [0.1, 0.15) is 12.8 Å². The third-order valence-electron chi connectivity index (χ3n) is 1.77. The molecule has 0 spiro atoms. The van der Waals surface area contributed by atoms with Crippen molar-refractivity contribution in [1.29, 1.82) is 0 Å². The molecule has 0 saturated carbocycles. The van der Waals surface area contributed by atoms with E-state index < -0.39 is 0 Å². The van der Waals surface area contributed by atoms with Gasteiger partial charge in [-0.3, -0.25) is 0 Å². The minimum atomic E-state index is 1.08. The molecule has 0 bridgehead atoms. The molecule has 0 atom stereocenters. The van der Waals surface area contributed by atoms with E-state index in [1.165, 1.54) is 5.57 Å². The van der Waals surface area contributed by atoms with Crippen LogP contribution in [0.3, 0.4) is 0 Å². The molecule has 60 valence electrons. The fourth-order valence-electron chi connectivity index (χ4n) is 1.09. The maximum atomic E-state index is 3.15. The van der Waals surface area contributed by atoms with Gasteiger partial charge in [-0.15, -0.1) is 0 Å². The van der Waals surface area contributed by atoms with Crippen molar-refractivity contribution in [2.45, 2.75) is 12.8 Å². The molecule has 1 aliphatic carbocycles. The van der Waals surface area contributed by atoms with Gasteiger partial charge >= 0.3 is 0 Å². The molecular formula is C10H15N. The third kappa shape index (κ3) is 3.19. The van der Waals surface area contributed by atoms with Crippen molar-refractivity contribution in [3.8, 4) is 0 Å². The lowest BCUT2D eigenvalue weighted by Gasteiger charge is -2.01. The molecule has 0 saturated heterocycles. The molecule has 0 aliphatic heterocycles. The molecular weight excluding hydrogens is 134 g/mol. The van der Waals surface area contributed by atoms with Gasteiger partial charge in [0.25, 0.3) is 0 Å². The highest BCUT2D eigenvalue weighted by molar-refractivity contribution is 5.23. The standard InChI is InChI=1S/C10H15N/c1-11-9-8-10-6-4-2-3-5-7-10/h2-6,11H,7-9H2,1H3. The molecule has 0 aromatic heterocycles. The van der Waals surface area contributed by atoms with Gasteiger partial charge < -0.3 is 5.32 Å². The normalized spacial score (nSPS) is 16.3. The van der Waals surface area contributed by atoms with Gasteiger partial charge in [0.1, 0.15) is 0 Å². The van der Waals surface area contributed by atoms with E-state index in [0.29, 0.717) is 0 Å². The summed E-state index contributed by atoms with van der Waals surface area (Å²) in [5.74, 6) is 0. The van der Waals surface area contributed by atoms with E-state index in [2.05, 4.69) is 35.7 Å². The monoisotopic (exact) mass is 149 g/mol. The first kappa shape index (κ1) is 8.28. The van der Waals surface area contributed by atoms with Gasteiger partial charge in [0.05, 0.1) is 0 Å². The molecule has 0 fully saturated rings. The quantitative estimate of drug-likeness (QED) is 0.647. The van der Waals surface area contributed by atoms with Crippen molar-refractivity contribution in [3.63, 3.8) is 0 Å². The predicted molar refractivity (Wildman–Crippen MR) is 49.5 cm³/mol. The van der Waals surface area contributed by atoms with Crippen molar-refractivity contribution >= 4 is 0 Å². The largest absolute Gasteiger partial charge is 0.319 e. The Morgan fingerprint density at radius 1 is 1.36 bits per heavy atom. The van der Waals surface area contributed by atoms with Crippen LogP contribution in [0.15, 0.2) is 36.0 Å². The van der Waals surface area contributed by atoms with E-state index in [4.69, 9.17) is 0 Å². The Morgan fingerprint density at radius 2 is 2.27 bits per heavy atom. The van der Waals surface area contributed by atoms with Crippen LogP contribution in [-0.4, -0.2) is 13.6 Å². The van der Waals surface area contributed by atoms with Crippen LogP contribution in [-0.2, 0) is 0 Å². The first-order chi connectivity index (χ1) is 5.43. The molecule has 0 aromatic carbocycles. The molecule has 1 nitrogen and oxygen atoms in total. The second-order valence-corrected chi connectivity index (χ2v) is 2.70. The summed E-state index contributed by atoms with van der Waals surface area (Å²) in [5, 5.41) is 3.15. The zero-order valence-corrected chi connectivity index (χ0v) is 7.01. The van der Waals surface area contributed by atoms with Gasteiger partial charge in [0.15, 0.2) is 0 Å². The lowest BCUT2D eigenvalue weighted by molar-refractivity contribution is 0.776. The fraction of sp³-hybridized carbons (Fsp3) is 0.400. The first-order valence-electron chi connectivity index (χ1n) is 4.09. The van der Waals surface area contributed by atoms with E-state index >= 15 is 0 Å². The van der Waals surface area contributed by atoms with Crippen LogP contribution in [0.4, 0.5) is 0 Å². The molecule has 0 unspecified atom stereocenters. The van der Waals surface area contributed by atoms with Crippen LogP contribution in [0.2, 0.25) is 0 Å². The van der Waals surface area contributed by atoms with Crippen molar-refractivity contribution in [2.24, 2.45) is 0 Å². The predicted octanol–water partition coefficient (Wildman–Crippen LogP) is 2.04. The maximum absolute atomic E-state index is 3.15. The lowest BCUT2D eigenvalue weighted by Crippen LogP contribution is -2.08. The Kier molecular flexibility index (Phi) is 3.70. The second kappa shape index (κ2) is 4.91. The molecule has 0 aromatic rings. The van der Waals surface area contributed by atoms with Crippen LogP contribution in [0.25, 0.3) is 0 Å². The summed E-state index contributed by atoms with van der Waals surface area (Å²) in [7, 11) is 1.99. The number of allylic oxidation sites excluding steroid dienone is 5. The van der Waals surface area contributed by atoms with E-state index in [-0.39, 0.29) is 0 Å². The van der Waals surface area contributed by atoms with Crippen molar-refractivity contribution in [3.05, 3.63) is 36.0 Å². The molecule has 0 amide bonds. The average molecular weight is 149 g/mol. The van der Waals surface area contributed by atoms with Crippen molar-refractivity contribution in [1.82, 2.24) is 5.32 Å². The van der Waals surface area contributed by atoms with E-state index in [9.17, 15) is 0 Å². The highest BCUT2D eigenvalue weighted by Gasteiger charge is 1.93. The SMILES string of the molecule is CNCCC1=CC=CC=CC1. The van der Waals surface area contributed by atoms with Crippen LogP contribution >= 0.6 is 0 Å². The van der Waals surface area contributed by atoms with Gasteiger partial charge in [-0.2, -0.15) is 0 Å². The van der Waals surface area contributed by atoms with Crippen molar-refractivity contribution in [2.75, 3.05) is 13.6 Å². The van der Waals surface area contributed by atoms with Gasteiger partial charge in [-0.25, -0.2) is 0 Å². The zero-order valence-electron chi connectivity index (χ0n) is 7.01. The summed E-state index contributed by atoms with van der Waals surface area (Å²) in [5.41, 5.74) is 1.50. The third-order valence-corrected chi connectivity index (χ3v) is 1.77. The summed E-state index contributed by atoms with van der Waals surface area (Å²) in [4.78, 5) is 0. The molecule has 0 radical (unpaired) electrons. The number of hydrogen-bond donors (Lipinski definition) is 1. The van der Waals surface area contributed by atoms with E-state index in [0.717, 1.165) is 19.4 Å². The fourth-order valence-corrected chi connectivity index (χ4v) is 1.09. The van der Waals surface area contributed by atoms with Gasteiger partial charge in [-0.05, 0) is 26.4 Å². The van der Waals surface area contributed by atoms with E-state index in [1.54, 1.807) is 0 Å². The van der Waals surface area contributed by atoms with Crippen LogP contribution in [0.5, 0.6) is 0 Å². The lowest BCUT2D eigenvalue weighted by atomic mass is 10.1. The highest BCUT2D eigenvalue weighted by atomic mass is 14.8. The average Bonchev–Trinajstić information content (AvgIpc) is 2.28. The molecule has 1 N–H and O–H groups in total. The molecule has 11 heavy (non-hydrogen) atoms. The summed E-state index contributed by atoms with van der Waals surface area (Å²) >= 11 is 0. The Balaban J connectivity index is 2.38. The Morgan fingerprint density at radius 3 is 3.09 bits per heavy atom. The maximum Gasteiger partial charge on any atom is -0.00144 e. The molecule has 1 aliphatic rings. The van der Waals surface area contributed by atoms with Crippen LogP contribution in [0, 0.1) is 0 Å². The summed E-state index contributed by atoms with van der Waals surface area (Å²) in [6.07, 6.45) is 13.0. The molecule has 1 heteroatoms. The zero-order chi connectivity index (χ0) is 7.94. The van der Waals surface area contributed by atoms with Gasteiger partial charge in [0, 0.05) is 0 Å². The molecule has 1 rings (SSSR count). The number of nitrogens with one attached hydrogen (secondary N) is 1. The molecule has 0 heterocycles. The topological polar surface area (TPSA) is 12.0 Å². The summed E-state index contributed by atoms with van der Waals surface area (Å²) in [6, 6.07) is 0. The Labute approximate surface area is 68.5 Å². The summed E-state index contributed by atoms with van der Waals surface area (Å²) in [6.45, 7) is 1.08. The minimum absolute atomic E-state index is 1.08. The highest BCUT2D eigenvalue weighted by Crippen LogP contribution is 2.09. The Hall–Kier alpha value is -0.820. The number of hydrogen-bond acceptors (Lipinski definition) is 1. The van der Waals surface area contributed by atoms with Gasteiger partial charge in [0.2, 0.25) is 0 Å². The number of rotatable bonds is 3. The Bertz CT molecular complexity index is 187. The minimum Gasteiger partial charge on any atom is -0.319 e. The van der Waals surface area contributed by atoms with Crippen LogP contribution < -0.4 is 5.32 Å². The van der Waals surface area contributed by atoms with E-state index in [1.807, 2.05) is 7.05 Å².